The first-order valence-corrected chi connectivity index (χ1v) is 9.88. The second-order valence-electron chi connectivity index (χ2n) is 5.07. The van der Waals surface area contributed by atoms with Crippen LogP contribution in [0, 0.1) is 19.7 Å². The molecule has 0 fully saturated rings. The predicted molar refractivity (Wildman–Crippen MR) is 94.2 cm³/mol. The van der Waals surface area contributed by atoms with Crippen LogP contribution < -0.4 is 4.72 Å². The Hall–Kier alpha value is -1.71. The van der Waals surface area contributed by atoms with E-state index < -0.39 is 15.8 Å². The van der Waals surface area contributed by atoms with Gasteiger partial charge in [0.1, 0.15) is 10.0 Å². The van der Waals surface area contributed by atoms with Gasteiger partial charge in [0.05, 0.1) is 16.3 Å². The minimum Gasteiger partial charge on any atom is -0.355 e. The Kier molecular flexibility index (Phi) is 4.50. The van der Waals surface area contributed by atoms with E-state index in [9.17, 15) is 12.8 Å². The molecule has 24 heavy (non-hydrogen) atoms. The number of hydrogen-bond donors (Lipinski definition) is 1. The second kappa shape index (κ2) is 6.30. The number of thiophene rings is 1. The topological polar surface area (TPSA) is 72.2 Å². The lowest BCUT2D eigenvalue weighted by atomic mass is 10.2. The smallest absolute Gasteiger partial charge is 0.271 e. The maximum Gasteiger partial charge on any atom is 0.271 e. The van der Waals surface area contributed by atoms with Crippen LogP contribution in [0.15, 0.2) is 43.5 Å². The number of halogens is 2. The first-order chi connectivity index (χ1) is 11.3. The number of nitrogens with one attached hydrogen (secondary N) is 1. The van der Waals surface area contributed by atoms with Crippen LogP contribution in [0.2, 0.25) is 0 Å². The molecule has 1 N–H and O–H groups in total. The molecule has 0 radical (unpaired) electrons. The second-order valence-corrected chi connectivity index (χ2v) is 8.98. The first-order valence-electron chi connectivity index (χ1n) is 6.79. The number of aromatic nitrogens is 1. The zero-order chi connectivity index (χ0) is 17.5. The highest BCUT2D eigenvalue weighted by molar-refractivity contribution is 9.10. The monoisotopic (exact) mass is 430 g/mol. The van der Waals surface area contributed by atoms with E-state index in [4.69, 9.17) is 4.52 Å². The molecule has 0 spiro atoms. The summed E-state index contributed by atoms with van der Waals surface area (Å²) < 4.78 is 46.8. The molecule has 0 amide bonds. The van der Waals surface area contributed by atoms with Crippen molar-refractivity contribution in [3.8, 4) is 10.6 Å². The van der Waals surface area contributed by atoms with E-state index in [0.29, 0.717) is 15.1 Å². The number of anilines is 1. The Labute approximate surface area is 150 Å². The fourth-order valence-electron chi connectivity index (χ4n) is 2.00. The van der Waals surface area contributed by atoms with Gasteiger partial charge in [-0.05, 0) is 44.2 Å². The molecule has 0 aliphatic rings. The van der Waals surface area contributed by atoms with E-state index in [2.05, 4.69) is 25.8 Å². The number of sulfonamides is 1. The molecule has 0 aliphatic carbocycles. The summed E-state index contributed by atoms with van der Waals surface area (Å²) in [6.45, 7) is 3.66. The molecule has 0 bridgehead atoms. The van der Waals surface area contributed by atoms with Crippen LogP contribution in [-0.4, -0.2) is 13.6 Å². The molecule has 0 atom stereocenters. The number of benzene rings is 1. The van der Waals surface area contributed by atoms with Crippen molar-refractivity contribution in [2.75, 3.05) is 4.72 Å². The van der Waals surface area contributed by atoms with Crippen molar-refractivity contribution in [2.24, 2.45) is 0 Å². The van der Waals surface area contributed by atoms with Crippen molar-refractivity contribution in [3.05, 3.63) is 51.9 Å². The third kappa shape index (κ3) is 3.24. The Morgan fingerprint density at radius 1 is 1.25 bits per heavy atom. The number of rotatable bonds is 4. The summed E-state index contributed by atoms with van der Waals surface area (Å²) in [5, 5.41) is 3.86. The van der Waals surface area contributed by atoms with Gasteiger partial charge in [0.25, 0.3) is 10.0 Å². The SMILES string of the molecule is Cc1noc(-c2ccc(S(=O)(=O)Nc3ccc(Br)cc3F)s2)c1C. The lowest BCUT2D eigenvalue weighted by molar-refractivity contribution is 0.427. The van der Waals surface area contributed by atoms with Gasteiger partial charge >= 0.3 is 0 Å². The molecule has 5 nitrogen and oxygen atoms in total. The fourth-order valence-corrected chi connectivity index (χ4v) is 4.74. The molecular weight excluding hydrogens is 419 g/mol. The molecule has 1 aromatic carbocycles. The minimum atomic E-state index is -3.89. The van der Waals surface area contributed by atoms with Crippen LogP contribution in [-0.2, 0) is 10.0 Å². The Bertz CT molecular complexity index is 1010. The van der Waals surface area contributed by atoms with E-state index in [-0.39, 0.29) is 9.90 Å². The largest absolute Gasteiger partial charge is 0.355 e. The average Bonchev–Trinajstić information content (AvgIpc) is 3.11. The quantitative estimate of drug-likeness (QED) is 0.649. The Morgan fingerprint density at radius 3 is 2.62 bits per heavy atom. The molecular formula is C15H12BrFN2O3S2. The molecule has 2 heterocycles. The van der Waals surface area contributed by atoms with E-state index in [1.165, 1.54) is 18.2 Å². The van der Waals surface area contributed by atoms with Crippen molar-refractivity contribution >= 4 is 43.0 Å². The summed E-state index contributed by atoms with van der Waals surface area (Å²) in [6.07, 6.45) is 0. The molecule has 0 saturated heterocycles. The van der Waals surface area contributed by atoms with E-state index >= 15 is 0 Å². The minimum absolute atomic E-state index is 0.0632. The van der Waals surface area contributed by atoms with Gasteiger partial charge in [-0.3, -0.25) is 4.72 Å². The molecule has 0 aliphatic heterocycles. The summed E-state index contributed by atoms with van der Waals surface area (Å²) in [4.78, 5) is 0.643. The number of aryl methyl sites for hydroxylation is 1. The zero-order valence-corrected chi connectivity index (χ0v) is 15.9. The highest BCUT2D eigenvalue weighted by Gasteiger charge is 2.21. The number of nitrogens with zero attached hydrogens (tertiary/aromatic N) is 1. The molecule has 0 unspecified atom stereocenters. The molecule has 2 aromatic heterocycles. The van der Waals surface area contributed by atoms with Crippen LogP contribution in [0.5, 0.6) is 0 Å². The predicted octanol–water partition coefficient (Wildman–Crippen LogP) is 4.72. The van der Waals surface area contributed by atoms with Crippen molar-refractivity contribution in [1.82, 2.24) is 5.16 Å². The van der Waals surface area contributed by atoms with E-state index in [1.807, 2.05) is 13.8 Å². The normalized spacial score (nSPS) is 11.7. The number of hydrogen-bond acceptors (Lipinski definition) is 5. The highest BCUT2D eigenvalue weighted by Crippen LogP contribution is 2.34. The van der Waals surface area contributed by atoms with Gasteiger partial charge in [0.2, 0.25) is 0 Å². The molecule has 9 heteroatoms. The van der Waals surface area contributed by atoms with E-state index in [1.54, 1.807) is 12.1 Å². The maximum atomic E-state index is 13.8. The van der Waals surface area contributed by atoms with Crippen LogP contribution in [0.25, 0.3) is 10.6 Å². The van der Waals surface area contributed by atoms with Gasteiger partial charge in [-0.25, -0.2) is 12.8 Å². The Morgan fingerprint density at radius 2 is 2.00 bits per heavy atom. The van der Waals surface area contributed by atoms with Crippen LogP contribution in [0.1, 0.15) is 11.3 Å². The fraction of sp³-hybridized carbons (Fsp3) is 0.133. The van der Waals surface area contributed by atoms with Crippen molar-refractivity contribution in [3.63, 3.8) is 0 Å². The summed E-state index contributed by atoms with van der Waals surface area (Å²) in [7, 11) is -3.89. The van der Waals surface area contributed by atoms with Crippen LogP contribution >= 0.6 is 27.3 Å². The zero-order valence-electron chi connectivity index (χ0n) is 12.6. The third-order valence-corrected chi connectivity index (χ3v) is 6.84. The van der Waals surface area contributed by atoms with Gasteiger partial charge in [0, 0.05) is 10.0 Å². The summed E-state index contributed by atoms with van der Waals surface area (Å²) in [6, 6.07) is 7.20. The lowest BCUT2D eigenvalue weighted by Gasteiger charge is -2.07. The Balaban J connectivity index is 1.92. The van der Waals surface area contributed by atoms with Gasteiger partial charge in [-0.1, -0.05) is 21.1 Å². The van der Waals surface area contributed by atoms with Crippen molar-refractivity contribution in [2.45, 2.75) is 18.1 Å². The first kappa shape index (κ1) is 17.1. The molecule has 126 valence electrons. The summed E-state index contributed by atoms with van der Waals surface area (Å²) >= 11 is 4.16. The van der Waals surface area contributed by atoms with Crippen molar-refractivity contribution in [1.29, 1.82) is 0 Å². The molecule has 0 saturated carbocycles. The summed E-state index contributed by atoms with van der Waals surface area (Å²) in [5.41, 5.74) is 1.49. The van der Waals surface area contributed by atoms with Crippen LogP contribution in [0.4, 0.5) is 10.1 Å². The molecule has 3 aromatic rings. The van der Waals surface area contributed by atoms with Crippen molar-refractivity contribution < 1.29 is 17.3 Å². The van der Waals surface area contributed by atoms with Gasteiger partial charge in [-0.15, -0.1) is 11.3 Å². The average molecular weight is 431 g/mol. The highest BCUT2D eigenvalue weighted by atomic mass is 79.9. The third-order valence-electron chi connectivity index (χ3n) is 3.40. The summed E-state index contributed by atoms with van der Waals surface area (Å²) in [5.74, 6) is -0.125. The maximum absolute atomic E-state index is 13.8. The molecule has 3 rings (SSSR count). The standard InChI is InChI=1S/C15H12BrFN2O3S2/c1-8-9(2)18-22-15(8)13-5-6-14(23-13)24(20,21)19-12-4-3-10(16)7-11(12)17/h3-7,19H,1-2H3. The lowest BCUT2D eigenvalue weighted by Crippen LogP contribution is -2.12. The van der Waals surface area contributed by atoms with Crippen LogP contribution in [0.3, 0.4) is 0 Å². The van der Waals surface area contributed by atoms with Gasteiger partial charge in [-0.2, -0.15) is 0 Å². The van der Waals surface area contributed by atoms with E-state index in [0.717, 1.165) is 22.6 Å². The van der Waals surface area contributed by atoms with Gasteiger partial charge in [0.15, 0.2) is 5.76 Å². The van der Waals surface area contributed by atoms with Gasteiger partial charge < -0.3 is 4.52 Å².